The molecule has 1 saturated heterocycles. The van der Waals surface area contributed by atoms with Gasteiger partial charge in [0.05, 0.1) is 16.8 Å². The molecule has 1 aliphatic heterocycles. The fourth-order valence-electron chi connectivity index (χ4n) is 1.27. The number of rotatable bonds is 2. The van der Waals surface area contributed by atoms with Crippen molar-refractivity contribution < 1.29 is 16.8 Å². The highest BCUT2D eigenvalue weighted by atomic mass is 35.7. The normalized spacial score (nSPS) is 28.9. The molecule has 0 radical (unpaired) electrons. The van der Waals surface area contributed by atoms with Gasteiger partial charge in [0.2, 0.25) is 9.05 Å². The van der Waals surface area contributed by atoms with Crippen LogP contribution in [0.4, 0.5) is 0 Å². The molecule has 1 fully saturated rings. The summed E-state index contributed by atoms with van der Waals surface area (Å²) in [7, 11) is -1.92. The van der Waals surface area contributed by atoms with Gasteiger partial charge in [0.15, 0.2) is 9.84 Å². The molecule has 0 aromatic heterocycles. The zero-order valence-electron chi connectivity index (χ0n) is 6.23. The average molecular weight is 233 g/mol. The predicted molar refractivity (Wildman–Crippen MR) is 46.4 cm³/mol. The van der Waals surface area contributed by atoms with Gasteiger partial charge in [0.1, 0.15) is 0 Å². The van der Waals surface area contributed by atoms with Gasteiger partial charge < -0.3 is 0 Å². The molecule has 1 heterocycles. The van der Waals surface area contributed by atoms with Gasteiger partial charge in [-0.1, -0.05) is 0 Å². The van der Waals surface area contributed by atoms with Crippen LogP contribution in [0.2, 0.25) is 0 Å². The summed E-state index contributed by atoms with van der Waals surface area (Å²) in [5, 5.41) is -0.778. The highest BCUT2D eigenvalue weighted by molar-refractivity contribution is 8.14. The SMILES string of the molecule is O=S(=O)(Cl)C[C@@H]1CCCS1(=O)=O. The molecule has 0 spiro atoms. The van der Waals surface area contributed by atoms with Crippen LogP contribution < -0.4 is 0 Å². The molecule has 72 valence electrons. The first kappa shape index (κ1) is 10.3. The van der Waals surface area contributed by atoms with Gasteiger partial charge in [-0.3, -0.25) is 0 Å². The molecule has 0 N–H and O–H groups in total. The van der Waals surface area contributed by atoms with Crippen molar-refractivity contribution in [3.8, 4) is 0 Å². The van der Waals surface area contributed by atoms with Gasteiger partial charge in [-0.2, -0.15) is 0 Å². The molecule has 1 aliphatic rings. The van der Waals surface area contributed by atoms with Crippen LogP contribution in [0.5, 0.6) is 0 Å². The minimum atomic E-state index is -3.69. The van der Waals surface area contributed by atoms with Gasteiger partial charge in [-0.25, -0.2) is 16.8 Å². The lowest BCUT2D eigenvalue weighted by atomic mass is 10.3. The van der Waals surface area contributed by atoms with E-state index in [-0.39, 0.29) is 5.75 Å². The average Bonchev–Trinajstić information content (AvgIpc) is 2.07. The first-order valence-corrected chi connectivity index (χ1v) is 7.64. The van der Waals surface area contributed by atoms with E-state index < -0.39 is 29.9 Å². The lowest BCUT2D eigenvalue weighted by Crippen LogP contribution is -2.23. The highest BCUT2D eigenvalue weighted by Crippen LogP contribution is 2.22. The Morgan fingerprint density at radius 1 is 1.42 bits per heavy atom. The molecule has 1 rings (SSSR count). The Labute approximate surface area is 76.3 Å². The fourth-order valence-corrected chi connectivity index (χ4v) is 5.35. The smallest absolute Gasteiger partial charge is 0.229 e. The van der Waals surface area contributed by atoms with Crippen LogP contribution in [0.25, 0.3) is 0 Å². The van der Waals surface area contributed by atoms with E-state index in [1.54, 1.807) is 0 Å². The van der Waals surface area contributed by atoms with E-state index in [4.69, 9.17) is 10.7 Å². The minimum absolute atomic E-state index is 0.0874. The molecule has 4 nitrogen and oxygen atoms in total. The fraction of sp³-hybridized carbons (Fsp3) is 1.00. The number of halogens is 1. The summed E-state index contributed by atoms with van der Waals surface area (Å²) < 4.78 is 43.4. The maximum atomic E-state index is 11.1. The van der Waals surface area contributed by atoms with Gasteiger partial charge in [-0.15, -0.1) is 0 Å². The summed E-state index contributed by atoms with van der Waals surface area (Å²) in [5.74, 6) is -0.360. The Morgan fingerprint density at radius 2 is 2.00 bits per heavy atom. The van der Waals surface area contributed by atoms with Crippen LogP contribution in [-0.2, 0) is 18.9 Å². The third-order valence-electron chi connectivity index (χ3n) is 1.85. The van der Waals surface area contributed by atoms with Crippen LogP contribution in [0.15, 0.2) is 0 Å². The van der Waals surface area contributed by atoms with Crippen LogP contribution in [0.3, 0.4) is 0 Å². The van der Waals surface area contributed by atoms with E-state index in [0.717, 1.165) is 0 Å². The zero-order chi connectivity index (χ0) is 9.41. The lowest BCUT2D eigenvalue weighted by Gasteiger charge is -2.04. The standard InChI is InChI=1S/C5H9ClO4S2/c6-12(9,10)4-5-2-1-3-11(5,7)8/h5H,1-4H2/t5-/m0/s1. The second-order valence-corrected chi connectivity index (χ2v) is 8.06. The van der Waals surface area contributed by atoms with E-state index in [9.17, 15) is 16.8 Å². The molecular formula is C5H9ClO4S2. The highest BCUT2D eigenvalue weighted by Gasteiger charge is 2.34. The van der Waals surface area contributed by atoms with E-state index in [0.29, 0.717) is 12.8 Å². The summed E-state index contributed by atoms with van der Waals surface area (Å²) in [6.45, 7) is 0. The van der Waals surface area contributed by atoms with Crippen molar-refractivity contribution in [1.29, 1.82) is 0 Å². The molecular weight excluding hydrogens is 224 g/mol. The topological polar surface area (TPSA) is 68.3 Å². The summed E-state index contributed by atoms with van der Waals surface area (Å²) in [6, 6.07) is 0. The van der Waals surface area contributed by atoms with Crippen LogP contribution >= 0.6 is 10.7 Å². The van der Waals surface area contributed by atoms with Crippen LogP contribution in [-0.4, -0.2) is 33.6 Å². The van der Waals surface area contributed by atoms with E-state index in [1.165, 1.54) is 0 Å². The van der Waals surface area contributed by atoms with E-state index in [1.807, 2.05) is 0 Å². The van der Waals surface area contributed by atoms with Crippen molar-refractivity contribution in [1.82, 2.24) is 0 Å². The van der Waals surface area contributed by atoms with E-state index >= 15 is 0 Å². The number of hydrogen-bond donors (Lipinski definition) is 0. The van der Waals surface area contributed by atoms with Crippen molar-refractivity contribution in [3.63, 3.8) is 0 Å². The minimum Gasteiger partial charge on any atom is -0.229 e. The Kier molecular flexibility index (Phi) is 2.70. The lowest BCUT2D eigenvalue weighted by molar-refractivity contribution is 0.586. The molecule has 0 unspecified atom stereocenters. The van der Waals surface area contributed by atoms with Crippen LogP contribution in [0, 0.1) is 0 Å². The molecule has 0 bridgehead atoms. The van der Waals surface area contributed by atoms with E-state index in [2.05, 4.69) is 0 Å². The quantitative estimate of drug-likeness (QED) is 0.635. The summed E-state index contributed by atoms with van der Waals surface area (Å²) in [4.78, 5) is 0. The van der Waals surface area contributed by atoms with Gasteiger partial charge in [0, 0.05) is 10.7 Å². The molecule has 1 atom stereocenters. The van der Waals surface area contributed by atoms with Crippen LogP contribution in [0.1, 0.15) is 12.8 Å². The van der Waals surface area contributed by atoms with Crippen molar-refractivity contribution in [3.05, 3.63) is 0 Å². The molecule has 7 heteroatoms. The van der Waals surface area contributed by atoms with Crippen molar-refractivity contribution in [2.45, 2.75) is 18.1 Å². The predicted octanol–water partition coefficient (Wildman–Crippen LogP) is 0.132. The third kappa shape index (κ3) is 2.60. The largest absolute Gasteiger partial charge is 0.233 e. The van der Waals surface area contributed by atoms with Gasteiger partial charge in [-0.05, 0) is 12.8 Å². The van der Waals surface area contributed by atoms with Crippen molar-refractivity contribution >= 4 is 29.6 Å². The Bertz CT molecular complexity index is 355. The molecule has 0 saturated carbocycles. The van der Waals surface area contributed by atoms with Gasteiger partial charge in [0.25, 0.3) is 0 Å². The van der Waals surface area contributed by atoms with Gasteiger partial charge >= 0.3 is 0 Å². The number of sulfone groups is 1. The molecule has 0 aromatic carbocycles. The third-order valence-corrected chi connectivity index (χ3v) is 5.51. The second kappa shape index (κ2) is 3.16. The monoisotopic (exact) mass is 232 g/mol. The summed E-state index contributed by atoms with van der Waals surface area (Å²) >= 11 is 0. The first-order valence-electron chi connectivity index (χ1n) is 3.45. The Hall–Kier alpha value is 0.190. The Morgan fingerprint density at radius 3 is 2.33 bits per heavy atom. The maximum Gasteiger partial charge on any atom is 0.233 e. The van der Waals surface area contributed by atoms with Crippen molar-refractivity contribution in [2.24, 2.45) is 0 Å². The molecule has 0 amide bonds. The summed E-state index contributed by atoms with van der Waals surface area (Å²) in [5.41, 5.74) is 0. The molecule has 12 heavy (non-hydrogen) atoms. The number of hydrogen-bond acceptors (Lipinski definition) is 4. The molecule has 0 aromatic rings. The second-order valence-electron chi connectivity index (χ2n) is 2.84. The maximum absolute atomic E-state index is 11.1. The molecule has 0 aliphatic carbocycles. The first-order chi connectivity index (χ1) is 5.31. The summed E-state index contributed by atoms with van der Waals surface area (Å²) in [6.07, 6.45) is 0.952. The zero-order valence-corrected chi connectivity index (χ0v) is 8.62. The Balaban J connectivity index is 2.79. The van der Waals surface area contributed by atoms with Crippen molar-refractivity contribution in [2.75, 3.05) is 11.5 Å².